The van der Waals surface area contributed by atoms with Gasteiger partial charge in [-0.1, -0.05) is 26.0 Å². The Morgan fingerprint density at radius 2 is 1.12 bits per heavy atom. The predicted molar refractivity (Wildman–Crippen MR) is 41.0 cm³/mol. The highest BCUT2D eigenvalue weighted by atomic mass is 13.5. The second-order valence-corrected chi connectivity index (χ2v) is 1.39. The Hall–Kier alpha value is -0.520. The highest BCUT2D eigenvalue weighted by molar-refractivity contribution is 4.60. The monoisotopic (exact) mass is 112 g/mol. The van der Waals surface area contributed by atoms with Crippen molar-refractivity contribution in [1.82, 2.24) is 0 Å². The van der Waals surface area contributed by atoms with Crippen LogP contribution < -0.4 is 0 Å². The van der Waals surface area contributed by atoms with E-state index in [0.717, 1.165) is 12.8 Å². The number of allylic oxidation sites excluding steroid dienone is 2. The molecule has 0 atom stereocenters. The average molecular weight is 112 g/mol. The lowest BCUT2D eigenvalue weighted by molar-refractivity contribution is 1.23. The summed E-state index contributed by atoms with van der Waals surface area (Å²) in [6, 6.07) is 0. The van der Waals surface area contributed by atoms with Crippen molar-refractivity contribution in [2.45, 2.75) is 26.7 Å². The molecule has 0 spiro atoms. The Morgan fingerprint density at radius 1 is 1.00 bits per heavy atom. The molecule has 0 aliphatic rings. The van der Waals surface area contributed by atoms with E-state index in [-0.39, 0.29) is 0 Å². The summed E-state index contributed by atoms with van der Waals surface area (Å²) in [7, 11) is 0. The maximum Gasteiger partial charge on any atom is -0.0382 e. The van der Waals surface area contributed by atoms with E-state index in [1.54, 1.807) is 0 Å². The van der Waals surface area contributed by atoms with Crippen LogP contribution in [0.1, 0.15) is 26.7 Å². The molecule has 0 aromatic heterocycles. The molecular weight excluding hydrogens is 96.1 g/mol. The van der Waals surface area contributed by atoms with Crippen molar-refractivity contribution in [3.63, 3.8) is 0 Å². The van der Waals surface area contributed by atoms with Gasteiger partial charge in [-0.25, -0.2) is 0 Å². The molecule has 48 valence electrons. The first-order chi connectivity index (χ1) is 3.83. The summed E-state index contributed by atoms with van der Waals surface area (Å²) < 4.78 is 0. The molecule has 8 heavy (non-hydrogen) atoms. The molecule has 0 fully saturated rings. The smallest absolute Gasteiger partial charge is 0.0382 e. The Kier molecular flexibility index (Phi) is 21.0. The molecule has 0 saturated carbocycles. The molecule has 0 amide bonds. The maximum absolute atomic E-state index is 3.48. The second kappa shape index (κ2) is 16.1. The summed E-state index contributed by atoms with van der Waals surface area (Å²) in [6.07, 6.45) is 5.92. The summed E-state index contributed by atoms with van der Waals surface area (Å²) in [6.45, 7) is 11.1. The topological polar surface area (TPSA) is 0 Å². The summed E-state index contributed by atoms with van der Waals surface area (Å²) in [5.41, 5.74) is 0. The number of hydrogen-bond acceptors (Lipinski definition) is 0. The third-order valence-electron chi connectivity index (χ3n) is 0.577. The zero-order valence-electron chi connectivity index (χ0n) is 5.98. The molecule has 0 unspecified atom stereocenters. The van der Waals surface area contributed by atoms with E-state index in [2.05, 4.69) is 27.0 Å². The highest BCUT2D eigenvalue weighted by Crippen LogP contribution is 1.66. The summed E-state index contributed by atoms with van der Waals surface area (Å²) in [5.74, 6) is 0. The van der Waals surface area contributed by atoms with Crippen molar-refractivity contribution >= 4 is 0 Å². The van der Waals surface area contributed by atoms with Gasteiger partial charge < -0.3 is 0 Å². The fourth-order valence-electron chi connectivity index (χ4n) is 0. The van der Waals surface area contributed by atoms with Crippen LogP contribution in [-0.2, 0) is 0 Å². The molecule has 0 bridgehead atoms. The molecular formula is C8H16. The van der Waals surface area contributed by atoms with Crippen LogP contribution in [0.5, 0.6) is 0 Å². The van der Waals surface area contributed by atoms with Crippen LogP contribution in [0.3, 0.4) is 0 Å². The largest absolute Gasteiger partial charge is 0.103 e. The van der Waals surface area contributed by atoms with Crippen LogP contribution in [0.15, 0.2) is 25.3 Å². The Labute approximate surface area is 52.9 Å². The van der Waals surface area contributed by atoms with Gasteiger partial charge in [-0.15, -0.1) is 13.2 Å². The van der Waals surface area contributed by atoms with E-state index in [1.807, 2.05) is 12.2 Å². The van der Waals surface area contributed by atoms with E-state index in [4.69, 9.17) is 0 Å². The zero-order valence-corrected chi connectivity index (χ0v) is 5.98. The van der Waals surface area contributed by atoms with Crippen LogP contribution in [0.25, 0.3) is 0 Å². The van der Waals surface area contributed by atoms with Crippen LogP contribution in [0.4, 0.5) is 0 Å². The van der Waals surface area contributed by atoms with Gasteiger partial charge in [0.15, 0.2) is 0 Å². The minimum absolute atomic E-state index is 1.08. The van der Waals surface area contributed by atoms with Crippen LogP contribution >= 0.6 is 0 Å². The zero-order chi connectivity index (χ0) is 6.83. The van der Waals surface area contributed by atoms with Gasteiger partial charge in [-0.05, 0) is 12.8 Å². The van der Waals surface area contributed by atoms with E-state index in [1.165, 1.54) is 0 Å². The van der Waals surface area contributed by atoms with Gasteiger partial charge >= 0.3 is 0 Å². The standard InChI is InChI=1S/2C4H8/c2*1-3-4-2/h2*3H,1,4H2,2H3. The minimum Gasteiger partial charge on any atom is -0.103 e. The number of rotatable bonds is 2. The summed E-state index contributed by atoms with van der Waals surface area (Å²) in [4.78, 5) is 0. The fourth-order valence-corrected chi connectivity index (χ4v) is 0. The first kappa shape index (κ1) is 10.5. The number of hydrogen-bond donors (Lipinski definition) is 0. The van der Waals surface area contributed by atoms with Gasteiger partial charge in [0.1, 0.15) is 0 Å². The SMILES string of the molecule is C=CCC.C=CCC. The second-order valence-electron chi connectivity index (χ2n) is 1.39. The van der Waals surface area contributed by atoms with Crippen molar-refractivity contribution in [1.29, 1.82) is 0 Å². The Morgan fingerprint density at radius 3 is 1.12 bits per heavy atom. The molecule has 0 heterocycles. The van der Waals surface area contributed by atoms with E-state index >= 15 is 0 Å². The lowest BCUT2D eigenvalue weighted by Gasteiger charge is -1.57. The average Bonchev–Trinajstić information content (AvgIpc) is 1.88. The first-order valence-corrected chi connectivity index (χ1v) is 3.05. The normalized spacial score (nSPS) is 6.25. The van der Waals surface area contributed by atoms with E-state index < -0.39 is 0 Å². The van der Waals surface area contributed by atoms with Gasteiger partial charge in [0, 0.05) is 0 Å². The molecule has 0 aromatic carbocycles. The molecule has 0 radical (unpaired) electrons. The van der Waals surface area contributed by atoms with E-state index in [0.29, 0.717) is 0 Å². The predicted octanol–water partition coefficient (Wildman–Crippen LogP) is 3.16. The van der Waals surface area contributed by atoms with Crippen LogP contribution in [0, 0.1) is 0 Å². The van der Waals surface area contributed by atoms with Crippen LogP contribution in [-0.4, -0.2) is 0 Å². The van der Waals surface area contributed by atoms with E-state index in [9.17, 15) is 0 Å². The molecule has 0 aromatic rings. The molecule has 0 aliphatic carbocycles. The fraction of sp³-hybridized carbons (Fsp3) is 0.500. The first-order valence-electron chi connectivity index (χ1n) is 3.05. The van der Waals surface area contributed by atoms with Gasteiger partial charge in [0.05, 0.1) is 0 Å². The van der Waals surface area contributed by atoms with Crippen molar-refractivity contribution in [3.8, 4) is 0 Å². The van der Waals surface area contributed by atoms with Gasteiger partial charge in [-0.2, -0.15) is 0 Å². The maximum atomic E-state index is 3.48. The molecule has 0 saturated heterocycles. The molecule has 0 aliphatic heterocycles. The Balaban J connectivity index is 0. The molecule has 0 N–H and O–H groups in total. The third-order valence-corrected chi connectivity index (χ3v) is 0.577. The molecule has 0 heteroatoms. The lowest BCUT2D eigenvalue weighted by Crippen LogP contribution is -1.36. The van der Waals surface area contributed by atoms with Crippen molar-refractivity contribution in [2.75, 3.05) is 0 Å². The van der Waals surface area contributed by atoms with Gasteiger partial charge in [0.25, 0.3) is 0 Å². The van der Waals surface area contributed by atoms with Gasteiger partial charge in [0.2, 0.25) is 0 Å². The molecule has 0 rings (SSSR count). The van der Waals surface area contributed by atoms with Crippen molar-refractivity contribution < 1.29 is 0 Å². The molecule has 0 nitrogen and oxygen atoms in total. The van der Waals surface area contributed by atoms with Crippen molar-refractivity contribution in [2.24, 2.45) is 0 Å². The van der Waals surface area contributed by atoms with Gasteiger partial charge in [-0.3, -0.25) is 0 Å². The quantitative estimate of drug-likeness (QED) is 0.481. The third kappa shape index (κ3) is 50.2. The summed E-state index contributed by atoms with van der Waals surface area (Å²) in [5, 5.41) is 0. The lowest BCUT2D eigenvalue weighted by atomic mass is 10.5. The summed E-state index contributed by atoms with van der Waals surface area (Å²) >= 11 is 0. The minimum atomic E-state index is 1.08. The highest BCUT2D eigenvalue weighted by Gasteiger charge is 1.45. The Bertz CT molecular complexity index is 36.0. The van der Waals surface area contributed by atoms with Crippen LogP contribution in [0.2, 0.25) is 0 Å². The van der Waals surface area contributed by atoms with Crippen molar-refractivity contribution in [3.05, 3.63) is 25.3 Å².